The number of rotatable bonds is 15. The zero-order valence-corrected chi connectivity index (χ0v) is 16.7. The number of unbranched alkanes of at least 4 members (excludes halogenated alkanes) is 8. The molecule has 0 saturated carbocycles. The van der Waals surface area contributed by atoms with Crippen LogP contribution in [0.5, 0.6) is 0 Å². The van der Waals surface area contributed by atoms with Gasteiger partial charge in [-0.2, -0.15) is 0 Å². The molecular weight excluding hydrogens is 287 g/mol. The molecule has 0 spiro atoms. The second-order valence-electron chi connectivity index (χ2n) is 5.89. The maximum atomic E-state index is 10.2. The Bertz CT molecular complexity index is 267. The third-order valence-electron chi connectivity index (χ3n) is 3.72. The molecule has 0 bridgehead atoms. The van der Waals surface area contributed by atoms with E-state index >= 15 is 0 Å². The predicted octanol–water partition coefficient (Wildman–Crippen LogP) is 0.749. The number of carbonyl (C=O) groups excluding carboxylic acids is 1. The Balaban J connectivity index is 0. The van der Waals surface area contributed by atoms with Gasteiger partial charge in [-0.1, -0.05) is 64.0 Å². The number of aliphatic hydroxyl groups is 1. The molecule has 22 heavy (non-hydrogen) atoms. The van der Waals surface area contributed by atoms with Crippen LogP contribution in [0.25, 0.3) is 0 Å². The van der Waals surface area contributed by atoms with Crippen molar-refractivity contribution in [3.05, 3.63) is 12.2 Å². The van der Waals surface area contributed by atoms with E-state index in [4.69, 9.17) is 0 Å². The van der Waals surface area contributed by atoms with Crippen LogP contribution in [0.2, 0.25) is 0 Å². The zero-order chi connectivity index (χ0) is 15.8. The molecule has 0 aromatic rings. The van der Waals surface area contributed by atoms with Gasteiger partial charge in [0.2, 0.25) is 0 Å². The van der Waals surface area contributed by atoms with E-state index < -0.39 is 5.97 Å². The van der Waals surface area contributed by atoms with E-state index in [-0.39, 0.29) is 42.1 Å². The van der Waals surface area contributed by atoms with Crippen molar-refractivity contribution in [2.45, 2.75) is 96.5 Å². The number of carboxylic acid groups (broad SMARTS) is 1. The molecule has 0 saturated heterocycles. The molecule has 1 atom stereocenters. The van der Waals surface area contributed by atoms with Gasteiger partial charge >= 0.3 is 29.6 Å². The number of allylic oxidation sites excluding steroid dienone is 1. The first-order valence-corrected chi connectivity index (χ1v) is 8.69. The number of hydrogen-bond acceptors (Lipinski definition) is 3. The van der Waals surface area contributed by atoms with Gasteiger partial charge in [0.1, 0.15) is 0 Å². The molecule has 0 aliphatic carbocycles. The molecule has 0 aromatic carbocycles. The third-order valence-corrected chi connectivity index (χ3v) is 3.72. The summed E-state index contributed by atoms with van der Waals surface area (Å²) in [6.07, 6.45) is 17.0. The Kier molecular flexibility index (Phi) is 21.3. The smallest absolute Gasteiger partial charge is 0.550 e. The van der Waals surface area contributed by atoms with Crippen LogP contribution in [0.4, 0.5) is 0 Å². The Morgan fingerprint density at radius 2 is 1.64 bits per heavy atom. The first-order valence-electron chi connectivity index (χ1n) is 8.69. The zero-order valence-electron chi connectivity index (χ0n) is 14.7. The predicted molar refractivity (Wildman–Crippen MR) is 85.8 cm³/mol. The summed E-state index contributed by atoms with van der Waals surface area (Å²) in [5.74, 6) is -0.939. The van der Waals surface area contributed by atoms with E-state index in [1.54, 1.807) is 0 Å². The minimum absolute atomic E-state index is 0. The monoisotopic (exact) mass is 320 g/mol. The average Bonchev–Trinajstić information content (AvgIpc) is 2.45. The molecule has 3 nitrogen and oxygen atoms in total. The maximum absolute atomic E-state index is 10.2. The quantitative estimate of drug-likeness (QED) is 0.275. The van der Waals surface area contributed by atoms with Crippen LogP contribution in [0.3, 0.4) is 0 Å². The van der Waals surface area contributed by atoms with Crippen LogP contribution in [-0.2, 0) is 4.79 Å². The normalized spacial score (nSPS) is 12.3. The average molecular weight is 320 g/mol. The molecule has 0 radical (unpaired) electrons. The molecule has 0 aromatic heterocycles. The van der Waals surface area contributed by atoms with Gasteiger partial charge in [0, 0.05) is 5.97 Å². The summed E-state index contributed by atoms with van der Waals surface area (Å²) in [6, 6.07) is 0. The van der Waals surface area contributed by atoms with Crippen molar-refractivity contribution in [1.82, 2.24) is 0 Å². The molecule has 0 unspecified atom stereocenters. The van der Waals surface area contributed by atoms with Gasteiger partial charge in [0.15, 0.2) is 0 Å². The Morgan fingerprint density at radius 1 is 1.00 bits per heavy atom. The number of carboxylic acids is 1. The fourth-order valence-electron chi connectivity index (χ4n) is 2.36. The van der Waals surface area contributed by atoms with Crippen LogP contribution in [0.15, 0.2) is 12.2 Å². The van der Waals surface area contributed by atoms with E-state index in [2.05, 4.69) is 19.1 Å². The van der Waals surface area contributed by atoms with Gasteiger partial charge in [-0.05, 0) is 38.5 Å². The molecular formula is C18H33NaO3. The third kappa shape index (κ3) is 20.2. The van der Waals surface area contributed by atoms with Crippen molar-refractivity contribution >= 4 is 5.97 Å². The van der Waals surface area contributed by atoms with Crippen molar-refractivity contribution < 1.29 is 44.6 Å². The molecule has 0 aliphatic rings. The summed E-state index contributed by atoms with van der Waals surface area (Å²) in [5.41, 5.74) is 0. The first-order chi connectivity index (χ1) is 10.2. The molecule has 0 heterocycles. The Labute approximate surface area is 158 Å². The van der Waals surface area contributed by atoms with Crippen molar-refractivity contribution in [2.75, 3.05) is 0 Å². The number of aliphatic carboxylic acids is 1. The first kappa shape index (κ1) is 24.4. The van der Waals surface area contributed by atoms with Crippen molar-refractivity contribution in [1.29, 1.82) is 0 Å². The summed E-state index contributed by atoms with van der Waals surface area (Å²) in [5, 5.41) is 20.0. The van der Waals surface area contributed by atoms with Crippen molar-refractivity contribution in [3.8, 4) is 0 Å². The van der Waals surface area contributed by atoms with Gasteiger partial charge in [-0.3, -0.25) is 0 Å². The van der Waals surface area contributed by atoms with E-state index in [0.717, 1.165) is 57.8 Å². The van der Waals surface area contributed by atoms with E-state index in [0.29, 0.717) is 0 Å². The van der Waals surface area contributed by atoms with Crippen LogP contribution in [-0.4, -0.2) is 17.2 Å². The number of hydrogen-bond donors (Lipinski definition) is 1. The van der Waals surface area contributed by atoms with Gasteiger partial charge < -0.3 is 15.0 Å². The Hall–Kier alpha value is 0.170. The molecule has 0 fully saturated rings. The molecule has 1 N–H and O–H groups in total. The summed E-state index contributed by atoms with van der Waals surface area (Å²) in [7, 11) is 0. The summed E-state index contributed by atoms with van der Waals surface area (Å²) >= 11 is 0. The Morgan fingerprint density at radius 3 is 2.32 bits per heavy atom. The van der Waals surface area contributed by atoms with Crippen molar-refractivity contribution in [2.24, 2.45) is 0 Å². The second-order valence-corrected chi connectivity index (χ2v) is 5.89. The fraction of sp³-hybridized carbons (Fsp3) is 0.833. The number of aliphatic hydroxyl groups excluding tert-OH is 1. The van der Waals surface area contributed by atoms with Crippen LogP contribution < -0.4 is 34.7 Å². The van der Waals surface area contributed by atoms with E-state index in [9.17, 15) is 15.0 Å². The van der Waals surface area contributed by atoms with Gasteiger partial charge in [-0.25, -0.2) is 0 Å². The number of carbonyl (C=O) groups is 1. The maximum Gasteiger partial charge on any atom is 1.00 e. The van der Waals surface area contributed by atoms with Gasteiger partial charge in [-0.15, -0.1) is 0 Å². The van der Waals surface area contributed by atoms with Crippen molar-refractivity contribution in [3.63, 3.8) is 0 Å². The second kappa shape index (κ2) is 19.2. The fourth-order valence-corrected chi connectivity index (χ4v) is 2.36. The minimum atomic E-state index is -0.939. The summed E-state index contributed by atoms with van der Waals surface area (Å²) in [6.45, 7) is 2.20. The largest absolute Gasteiger partial charge is 1.00 e. The van der Waals surface area contributed by atoms with Crippen LogP contribution in [0.1, 0.15) is 90.4 Å². The standard InChI is InChI=1S/C18H34O3.Na/c1-2-3-4-11-14-17(19)15-12-9-7-5-6-8-10-13-16-18(20)21;/h9,12,17,19H,2-8,10-11,13-16H2,1H3,(H,20,21);/q;+1/p-1/b12-9-;/t17-;/m1./s1. The topological polar surface area (TPSA) is 60.4 Å². The molecule has 0 rings (SSSR count). The van der Waals surface area contributed by atoms with Crippen LogP contribution >= 0.6 is 0 Å². The molecule has 124 valence electrons. The van der Waals surface area contributed by atoms with E-state index in [1.807, 2.05) is 0 Å². The van der Waals surface area contributed by atoms with E-state index in [1.165, 1.54) is 19.3 Å². The summed E-state index contributed by atoms with van der Waals surface area (Å²) in [4.78, 5) is 10.2. The minimum Gasteiger partial charge on any atom is -0.550 e. The van der Waals surface area contributed by atoms with Gasteiger partial charge in [0.05, 0.1) is 6.10 Å². The molecule has 0 aliphatic heterocycles. The summed E-state index contributed by atoms with van der Waals surface area (Å²) < 4.78 is 0. The molecule has 4 heteroatoms. The SMILES string of the molecule is CCCCCC[C@@H](O)C/C=C\CCCCCCCC(=O)[O-].[Na+]. The van der Waals surface area contributed by atoms with Gasteiger partial charge in [0.25, 0.3) is 0 Å². The molecule has 0 amide bonds. The van der Waals surface area contributed by atoms with Crippen LogP contribution in [0, 0.1) is 0 Å².